The van der Waals surface area contributed by atoms with Crippen LogP contribution in [-0.2, 0) is 11.2 Å². The van der Waals surface area contributed by atoms with Gasteiger partial charge >= 0.3 is 0 Å². The molecule has 148 valence electrons. The van der Waals surface area contributed by atoms with Gasteiger partial charge in [0.25, 0.3) is 0 Å². The van der Waals surface area contributed by atoms with Gasteiger partial charge in [0.2, 0.25) is 5.91 Å². The molecule has 0 aliphatic carbocycles. The second-order valence-corrected chi connectivity index (χ2v) is 7.08. The molecule has 1 aliphatic rings. The summed E-state index contributed by atoms with van der Waals surface area (Å²) in [5.41, 5.74) is 9.51. The molecule has 8 heteroatoms. The lowest BCUT2D eigenvalue weighted by molar-refractivity contribution is -0.132. The van der Waals surface area contributed by atoms with E-state index in [1.54, 1.807) is 24.7 Å². The highest BCUT2D eigenvalue weighted by Gasteiger charge is 2.26. The van der Waals surface area contributed by atoms with E-state index < -0.39 is 6.04 Å². The zero-order chi connectivity index (χ0) is 20.2. The summed E-state index contributed by atoms with van der Waals surface area (Å²) in [6, 6.07) is 12.7. The Bertz CT molecular complexity index is 995. The fourth-order valence-electron chi connectivity index (χ4n) is 3.49. The normalized spacial score (nSPS) is 15.2. The van der Waals surface area contributed by atoms with Crippen molar-refractivity contribution >= 4 is 11.7 Å². The van der Waals surface area contributed by atoms with Crippen LogP contribution in [0.3, 0.4) is 0 Å². The van der Waals surface area contributed by atoms with Crippen LogP contribution < -0.4 is 10.6 Å². The van der Waals surface area contributed by atoms with Gasteiger partial charge in [0.1, 0.15) is 0 Å². The maximum atomic E-state index is 12.6. The van der Waals surface area contributed by atoms with E-state index in [9.17, 15) is 4.79 Å². The van der Waals surface area contributed by atoms with Crippen molar-refractivity contribution in [2.24, 2.45) is 5.73 Å². The topological polar surface area (TPSA) is 115 Å². The highest BCUT2D eigenvalue weighted by atomic mass is 16.3. The van der Waals surface area contributed by atoms with Crippen molar-refractivity contribution in [1.29, 1.82) is 5.26 Å². The Morgan fingerprint density at radius 1 is 1.24 bits per heavy atom. The van der Waals surface area contributed by atoms with Crippen molar-refractivity contribution < 1.29 is 9.21 Å². The summed E-state index contributed by atoms with van der Waals surface area (Å²) in [5.74, 6) is 0.810. The van der Waals surface area contributed by atoms with Gasteiger partial charge < -0.3 is 20.0 Å². The third-order valence-corrected chi connectivity index (χ3v) is 5.16. The van der Waals surface area contributed by atoms with E-state index in [1.807, 2.05) is 29.2 Å². The number of benzene rings is 1. The molecule has 0 radical (unpaired) electrons. The van der Waals surface area contributed by atoms with Crippen molar-refractivity contribution in [2.75, 3.05) is 31.1 Å². The van der Waals surface area contributed by atoms with E-state index in [1.165, 1.54) is 0 Å². The number of carbonyl (C=O) groups is 1. The predicted molar refractivity (Wildman–Crippen MR) is 108 cm³/mol. The van der Waals surface area contributed by atoms with Gasteiger partial charge in [-0.3, -0.25) is 9.89 Å². The standard InChI is InChI=1S/C21H22N6O2/c22-13-15-1-3-17(4-2-15)19-12-20(25-24-19)26-6-8-27(9-7-26)21(28)18(23)11-16-5-10-29-14-16/h1-5,10,12,14,18H,6-9,11,23H2,(H,24,25). The van der Waals surface area contributed by atoms with Gasteiger partial charge in [-0.15, -0.1) is 0 Å². The number of hydrogen-bond donors (Lipinski definition) is 2. The third kappa shape index (κ3) is 4.15. The van der Waals surface area contributed by atoms with E-state index in [0.717, 1.165) is 22.6 Å². The number of rotatable bonds is 5. The molecule has 1 aromatic carbocycles. The van der Waals surface area contributed by atoms with Crippen LogP contribution >= 0.6 is 0 Å². The molecular weight excluding hydrogens is 368 g/mol. The van der Waals surface area contributed by atoms with Crippen molar-refractivity contribution in [2.45, 2.75) is 12.5 Å². The first-order valence-electron chi connectivity index (χ1n) is 9.50. The third-order valence-electron chi connectivity index (χ3n) is 5.16. The number of aromatic nitrogens is 2. The van der Waals surface area contributed by atoms with E-state index in [-0.39, 0.29) is 5.91 Å². The maximum Gasteiger partial charge on any atom is 0.239 e. The van der Waals surface area contributed by atoms with Crippen LogP contribution in [-0.4, -0.2) is 53.2 Å². The molecule has 0 saturated carbocycles. The fourth-order valence-corrected chi connectivity index (χ4v) is 3.49. The summed E-state index contributed by atoms with van der Waals surface area (Å²) in [7, 11) is 0. The Labute approximate surface area is 168 Å². The maximum absolute atomic E-state index is 12.6. The predicted octanol–water partition coefficient (Wildman–Crippen LogP) is 1.76. The zero-order valence-corrected chi connectivity index (χ0v) is 15.9. The largest absolute Gasteiger partial charge is 0.472 e. The Hall–Kier alpha value is -3.57. The van der Waals surface area contributed by atoms with Crippen LogP contribution in [0.1, 0.15) is 11.1 Å². The number of hydrogen-bond acceptors (Lipinski definition) is 6. The van der Waals surface area contributed by atoms with Crippen molar-refractivity contribution in [3.63, 3.8) is 0 Å². The molecule has 4 rings (SSSR count). The van der Waals surface area contributed by atoms with E-state index in [4.69, 9.17) is 15.4 Å². The molecule has 3 N–H and O–H groups in total. The second-order valence-electron chi connectivity index (χ2n) is 7.08. The number of H-pyrrole nitrogens is 1. The number of nitrogens with one attached hydrogen (secondary N) is 1. The molecule has 1 amide bonds. The number of piperazine rings is 1. The van der Waals surface area contributed by atoms with Crippen LogP contribution in [0.5, 0.6) is 0 Å². The lowest BCUT2D eigenvalue weighted by Gasteiger charge is -2.35. The molecule has 0 spiro atoms. The van der Waals surface area contributed by atoms with Crippen molar-refractivity contribution in [1.82, 2.24) is 15.1 Å². The molecule has 0 bridgehead atoms. The van der Waals surface area contributed by atoms with Gasteiger partial charge in [0.15, 0.2) is 5.82 Å². The monoisotopic (exact) mass is 390 g/mol. The Balaban J connectivity index is 1.34. The average Bonchev–Trinajstić information content (AvgIpc) is 3.46. The van der Waals surface area contributed by atoms with Crippen LogP contribution in [0.15, 0.2) is 53.3 Å². The van der Waals surface area contributed by atoms with Gasteiger partial charge in [-0.1, -0.05) is 12.1 Å². The first-order valence-corrected chi connectivity index (χ1v) is 9.50. The number of nitriles is 1. The second kappa shape index (κ2) is 8.20. The first-order chi connectivity index (χ1) is 14.1. The summed E-state index contributed by atoms with van der Waals surface area (Å²) in [4.78, 5) is 16.6. The smallest absolute Gasteiger partial charge is 0.239 e. The number of anilines is 1. The van der Waals surface area contributed by atoms with E-state index in [0.29, 0.717) is 38.2 Å². The molecule has 1 fully saturated rings. The van der Waals surface area contributed by atoms with Crippen molar-refractivity contribution in [3.05, 3.63) is 60.1 Å². The van der Waals surface area contributed by atoms with E-state index >= 15 is 0 Å². The van der Waals surface area contributed by atoms with Crippen LogP contribution in [0.4, 0.5) is 5.82 Å². The molecule has 1 aliphatic heterocycles. The minimum atomic E-state index is -0.562. The van der Waals surface area contributed by atoms with Crippen molar-refractivity contribution in [3.8, 4) is 17.3 Å². The summed E-state index contributed by atoms with van der Waals surface area (Å²) in [6.45, 7) is 2.61. The SMILES string of the molecule is N#Cc1ccc(-c2cc(N3CCN(C(=O)C(N)Cc4ccoc4)CC3)n[nH]2)cc1. The quantitative estimate of drug-likeness (QED) is 0.686. The zero-order valence-electron chi connectivity index (χ0n) is 15.9. The number of nitrogens with zero attached hydrogens (tertiary/aromatic N) is 4. The molecule has 3 aromatic rings. The molecular formula is C21H22N6O2. The number of amides is 1. The number of aromatic amines is 1. The average molecular weight is 390 g/mol. The van der Waals surface area contributed by atoms with E-state index in [2.05, 4.69) is 21.2 Å². The van der Waals surface area contributed by atoms with Gasteiger partial charge in [-0.05, 0) is 35.7 Å². The fraction of sp³-hybridized carbons (Fsp3) is 0.286. The molecule has 1 atom stereocenters. The first kappa shape index (κ1) is 18.8. The Morgan fingerprint density at radius 3 is 2.66 bits per heavy atom. The van der Waals surface area contributed by atoms with Gasteiger partial charge in [0, 0.05) is 32.2 Å². The van der Waals surface area contributed by atoms with Gasteiger partial charge in [-0.25, -0.2) is 0 Å². The molecule has 8 nitrogen and oxygen atoms in total. The highest BCUT2D eigenvalue weighted by Crippen LogP contribution is 2.23. The van der Waals surface area contributed by atoms with Gasteiger partial charge in [-0.2, -0.15) is 10.4 Å². The number of carbonyl (C=O) groups excluding carboxylic acids is 1. The lowest BCUT2D eigenvalue weighted by atomic mass is 10.1. The summed E-state index contributed by atoms with van der Waals surface area (Å²) >= 11 is 0. The summed E-state index contributed by atoms with van der Waals surface area (Å²) < 4.78 is 5.04. The molecule has 29 heavy (non-hydrogen) atoms. The lowest BCUT2D eigenvalue weighted by Crippen LogP contribution is -2.53. The molecule has 3 heterocycles. The highest BCUT2D eigenvalue weighted by molar-refractivity contribution is 5.82. The van der Waals surface area contributed by atoms with Gasteiger partial charge in [0.05, 0.1) is 35.9 Å². The summed E-state index contributed by atoms with van der Waals surface area (Å²) in [6.07, 6.45) is 3.68. The minimum Gasteiger partial charge on any atom is -0.472 e. The van der Waals surface area contributed by atoms with Crippen LogP contribution in [0, 0.1) is 11.3 Å². The molecule has 1 saturated heterocycles. The van der Waals surface area contributed by atoms with Crippen LogP contribution in [0.25, 0.3) is 11.3 Å². The minimum absolute atomic E-state index is 0.0360. The summed E-state index contributed by atoms with van der Waals surface area (Å²) in [5, 5.41) is 16.4. The van der Waals surface area contributed by atoms with Crippen LogP contribution in [0.2, 0.25) is 0 Å². The molecule has 2 aromatic heterocycles. The Morgan fingerprint density at radius 2 is 2.00 bits per heavy atom. The Kier molecular flexibility index (Phi) is 5.31. The number of furan rings is 1. The molecule has 1 unspecified atom stereocenters. The number of nitrogens with two attached hydrogens (primary N) is 1.